The summed E-state index contributed by atoms with van der Waals surface area (Å²) >= 11 is 0. The molecule has 2 rings (SSSR count). The number of carbonyl (C=O) groups excluding carboxylic acids is 3. The van der Waals surface area contributed by atoms with Crippen molar-refractivity contribution in [2.24, 2.45) is 10.5 Å². The molecule has 1 unspecified atom stereocenters. The first-order valence-electron chi connectivity index (χ1n) is 11.2. The predicted octanol–water partition coefficient (Wildman–Crippen LogP) is 3.83. The van der Waals surface area contributed by atoms with Crippen LogP contribution in [0.4, 0.5) is 9.59 Å². The van der Waals surface area contributed by atoms with Gasteiger partial charge >= 0.3 is 6.09 Å². The maximum absolute atomic E-state index is 12.9. The zero-order valence-electron chi connectivity index (χ0n) is 21.0. The van der Waals surface area contributed by atoms with E-state index in [1.54, 1.807) is 33.8 Å². The second-order valence-corrected chi connectivity index (χ2v) is 10.7. The number of Topliss-reactive ketones (excluding diaryl/α,β-unsaturated/α-hetero) is 1. The van der Waals surface area contributed by atoms with Gasteiger partial charge in [-0.15, -0.1) is 0 Å². The third-order valence-electron chi connectivity index (χ3n) is 5.59. The molecule has 2 amide bonds. The van der Waals surface area contributed by atoms with Crippen molar-refractivity contribution in [3.05, 3.63) is 34.9 Å². The number of ketones is 1. The van der Waals surface area contributed by atoms with Crippen LogP contribution in [-0.4, -0.2) is 59.3 Å². The van der Waals surface area contributed by atoms with Crippen LogP contribution in [0, 0.1) is 5.41 Å². The van der Waals surface area contributed by atoms with Gasteiger partial charge in [-0.2, -0.15) is 5.10 Å². The van der Waals surface area contributed by atoms with E-state index in [9.17, 15) is 19.5 Å². The molecule has 1 heterocycles. The molecule has 1 aromatic rings. The lowest BCUT2D eigenvalue weighted by atomic mass is 9.74. The molecule has 0 N–H and O–H groups in total. The zero-order valence-corrected chi connectivity index (χ0v) is 21.0. The average Bonchev–Trinajstić information content (AvgIpc) is 2.85. The highest BCUT2D eigenvalue weighted by Crippen LogP contribution is 2.39. The third kappa shape index (κ3) is 7.30. The quantitative estimate of drug-likeness (QED) is 0.388. The van der Waals surface area contributed by atoms with Crippen molar-refractivity contribution in [3.8, 4) is 0 Å². The van der Waals surface area contributed by atoms with E-state index < -0.39 is 17.8 Å². The number of nitrogens with zero attached hydrogens (tertiary/aromatic N) is 3. The van der Waals surface area contributed by atoms with Crippen LogP contribution in [0.5, 0.6) is 0 Å². The molecule has 8 nitrogen and oxygen atoms in total. The van der Waals surface area contributed by atoms with Crippen molar-refractivity contribution < 1.29 is 24.2 Å². The van der Waals surface area contributed by atoms with Gasteiger partial charge in [-0.25, -0.2) is 9.80 Å². The van der Waals surface area contributed by atoms with Crippen LogP contribution < -0.4 is 5.11 Å². The number of fused-ring (bicyclic) bond motifs is 1. The highest BCUT2D eigenvalue weighted by atomic mass is 16.6. The summed E-state index contributed by atoms with van der Waals surface area (Å²) in [5.41, 5.74) is 2.27. The van der Waals surface area contributed by atoms with E-state index in [0.29, 0.717) is 30.8 Å². The molecular weight excluding hydrogens is 422 g/mol. The molecule has 182 valence electrons. The van der Waals surface area contributed by atoms with E-state index in [2.05, 4.69) is 25.9 Å². The summed E-state index contributed by atoms with van der Waals surface area (Å²) in [6.45, 7) is 14.0. The molecule has 8 heteroatoms. The summed E-state index contributed by atoms with van der Waals surface area (Å²) in [7, 11) is 1.49. The molecule has 0 saturated heterocycles. The third-order valence-corrected chi connectivity index (χ3v) is 5.59. The first-order valence-corrected chi connectivity index (χ1v) is 11.2. The lowest BCUT2D eigenvalue weighted by Gasteiger charge is -2.35. The fourth-order valence-corrected chi connectivity index (χ4v) is 3.90. The molecular formula is C25H36N3O5-. The van der Waals surface area contributed by atoms with Gasteiger partial charge in [0.2, 0.25) is 0 Å². The molecule has 0 spiro atoms. The average molecular weight is 459 g/mol. The van der Waals surface area contributed by atoms with Gasteiger partial charge < -0.3 is 19.5 Å². The minimum atomic E-state index is -1.17. The normalized spacial score (nSPS) is 17.2. The van der Waals surface area contributed by atoms with Crippen molar-refractivity contribution in [2.45, 2.75) is 72.8 Å². The molecule has 0 bridgehead atoms. The highest BCUT2D eigenvalue weighted by molar-refractivity contribution is 6.09. The Kier molecular flexibility index (Phi) is 7.93. The topological polar surface area (TPSA) is 102 Å². The fourth-order valence-electron chi connectivity index (χ4n) is 3.90. The van der Waals surface area contributed by atoms with Crippen LogP contribution >= 0.6 is 0 Å². The van der Waals surface area contributed by atoms with Gasteiger partial charge in [0, 0.05) is 37.3 Å². The van der Waals surface area contributed by atoms with Gasteiger partial charge in [0.05, 0.1) is 6.42 Å². The molecule has 33 heavy (non-hydrogen) atoms. The molecule has 0 radical (unpaired) electrons. The summed E-state index contributed by atoms with van der Waals surface area (Å²) in [4.78, 5) is 37.9. The molecule has 0 saturated carbocycles. The maximum atomic E-state index is 12.9. The number of rotatable bonds is 4. The van der Waals surface area contributed by atoms with Crippen LogP contribution in [-0.2, 0) is 11.2 Å². The number of benzene rings is 1. The lowest BCUT2D eigenvalue weighted by Crippen LogP contribution is -2.44. The van der Waals surface area contributed by atoms with Gasteiger partial charge in [-0.05, 0) is 56.7 Å². The van der Waals surface area contributed by atoms with Gasteiger partial charge in [0.15, 0.2) is 5.78 Å². The summed E-state index contributed by atoms with van der Waals surface area (Å²) in [6.07, 6.45) is -1.19. The molecule has 0 aliphatic carbocycles. The summed E-state index contributed by atoms with van der Waals surface area (Å²) in [5.74, 6) is -0.132. The molecule has 1 aliphatic heterocycles. The fraction of sp³-hybridized carbons (Fsp3) is 0.600. The molecule has 1 aromatic carbocycles. The van der Waals surface area contributed by atoms with Crippen molar-refractivity contribution >= 4 is 23.7 Å². The number of amides is 2. The Balaban J connectivity index is 2.22. The van der Waals surface area contributed by atoms with E-state index in [4.69, 9.17) is 4.74 Å². The standard InChI is InChI=1S/C25H37N3O5/c1-16(26-27(8)23(32)33-25(5,6)7)13-21(29)18-9-10-19-17(14-18)11-12-28(22(30)31)15-20(19)24(2,3)4/h9-10,14,20H,11-13,15H2,1-8H3,(H,30,31)/p-1/b26-16-. The number of hydrazone groups is 1. The number of hydrogen-bond acceptors (Lipinski definition) is 6. The second-order valence-electron chi connectivity index (χ2n) is 10.7. The summed E-state index contributed by atoms with van der Waals surface area (Å²) < 4.78 is 5.27. The summed E-state index contributed by atoms with van der Waals surface area (Å²) in [6, 6.07) is 5.59. The first-order chi connectivity index (χ1) is 15.1. The van der Waals surface area contributed by atoms with E-state index >= 15 is 0 Å². The second kappa shape index (κ2) is 9.93. The van der Waals surface area contributed by atoms with E-state index in [0.717, 1.165) is 16.1 Å². The molecule has 1 aliphatic rings. The van der Waals surface area contributed by atoms with Crippen LogP contribution in [0.3, 0.4) is 0 Å². The molecule has 0 aromatic heterocycles. The minimum Gasteiger partial charge on any atom is -0.530 e. The number of ether oxygens (including phenoxy) is 1. The van der Waals surface area contributed by atoms with E-state index in [1.807, 2.05) is 12.1 Å². The number of hydrogen-bond donors (Lipinski definition) is 0. The van der Waals surface area contributed by atoms with Crippen LogP contribution in [0.25, 0.3) is 0 Å². The SMILES string of the molecule is C/C(CC(=O)c1ccc2c(c1)CCN(C(=O)[O-])CC2C(C)(C)C)=N/N(C)C(=O)OC(C)(C)C. The van der Waals surface area contributed by atoms with Crippen LogP contribution in [0.1, 0.15) is 82.3 Å². The Morgan fingerprint density at radius 1 is 1.18 bits per heavy atom. The number of carboxylic acid groups (broad SMARTS) is 1. The monoisotopic (exact) mass is 458 g/mol. The predicted molar refractivity (Wildman–Crippen MR) is 125 cm³/mol. The van der Waals surface area contributed by atoms with Crippen molar-refractivity contribution in [1.29, 1.82) is 0 Å². The minimum absolute atomic E-state index is 0.0113. The largest absolute Gasteiger partial charge is 0.530 e. The van der Waals surface area contributed by atoms with Crippen LogP contribution in [0.2, 0.25) is 0 Å². The van der Waals surface area contributed by atoms with Gasteiger partial charge in [-0.3, -0.25) is 4.79 Å². The maximum Gasteiger partial charge on any atom is 0.430 e. The molecule has 1 atom stereocenters. The van der Waals surface area contributed by atoms with E-state index in [1.165, 1.54) is 11.9 Å². The first kappa shape index (κ1) is 26.4. The Hall–Kier alpha value is -2.90. The van der Waals surface area contributed by atoms with Crippen molar-refractivity contribution in [3.63, 3.8) is 0 Å². The number of carbonyl (C=O) groups is 3. The Bertz CT molecular complexity index is 940. The Morgan fingerprint density at radius 3 is 2.36 bits per heavy atom. The molecule has 0 fully saturated rings. The Labute approximate surface area is 196 Å². The smallest absolute Gasteiger partial charge is 0.430 e. The van der Waals surface area contributed by atoms with Crippen molar-refractivity contribution in [1.82, 2.24) is 9.91 Å². The van der Waals surface area contributed by atoms with Gasteiger partial charge in [0.25, 0.3) is 0 Å². The van der Waals surface area contributed by atoms with E-state index in [-0.39, 0.29) is 23.5 Å². The highest BCUT2D eigenvalue weighted by Gasteiger charge is 2.32. The zero-order chi connectivity index (χ0) is 25.1. The van der Waals surface area contributed by atoms with Crippen LogP contribution in [0.15, 0.2) is 23.3 Å². The van der Waals surface area contributed by atoms with Crippen molar-refractivity contribution in [2.75, 3.05) is 20.1 Å². The van der Waals surface area contributed by atoms with Gasteiger partial charge in [0.1, 0.15) is 11.7 Å². The summed E-state index contributed by atoms with van der Waals surface area (Å²) in [5, 5.41) is 16.8. The van der Waals surface area contributed by atoms with Gasteiger partial charge in [-0.1, -0.05) is 32.9 Å². The Morgan fingerprint density at radius 2 is 1.82 bits per heavy atom. The lowest BCUT2D eigenvalue weighted by molar-refractivity contribution is -0.265.